The summed E-state index contributed by atoms with van der Waals surface area (Å²) >= 11 is 5.98. The van der Waals surface area contributed by atoms with Gasteiger partial charge in [-0.05, 0) is 43.2 Å². The van der Waals surface area contributed by atoms with Gasteiger partial charge < -0.3 is 9.80 Å². The lowest BCUT2D eigenvalue weighted by molar-refractivity contribution is 0.0728. The van der Waals surface area contributed by atoms with E-state index < -0.39 is 0 Å². The maximum Gasteiger partial charge on any atom is 0.273 e. The van der Waals surface area contributed by atoms with Crippen LogP contribution in [-0.2, 0) is 6.54 Å². The normalized spacial score (nSPS) is 11.1. The summed E-state index contributed by atoms with van der Waals surface area (Å²) in [6.45, 7) is 1.93. The number of likely N-dealkylation sites (N-methyl/N-ethyl adjacent to an activating group) is 1. The van der Waals surface area contributed by atoms with Crippen molar-refractivity contribution in [3.05, 3.63) is 77.1 Å². The van der Waals surface area contributed by atoms with Crippen LogP contribution in [0.15, 0.2) is 60.8 Å². The van der Waals surface area contributed by atoms with Crippen molar-refractivity contribution in [1.82, 2.24) is 14.8 Å². The Hall–Kier alpha value is -2.43. The topological polar surface area (TPSA) is 36.4 Å². The molecule has 0 saturated heterocycles. The fourth-order valence-electron chi connectivity index (χ4n) is 2.82. The summed E-state index contributed by atoms with van der Waals surface area (Å²) < 4.78 is 0. The van der Waals surface area contributed by atoms with Crippen LogP contribution in [0.5, 0.6) is 0 Å². The summed E-state index contributed by atoms with van der Waals surface area (Å²) in [5, 5.41) is 2.59. The number of pyridine rings is 1. The fraction of sp³-hybridized carbons (Fsp3) is 0.238. The zero-order valence-corrected chi connectivity index (χ0v) is 15.8. The first kappa shape index (κ1) is 18.4. The van der Waals surface area contributed by atoms with E-state index in [2.05, 4.69) is 9.88 Å². The first-order valence-corrected chi connectivity index (χ1v) is 8.94. The number of nitrogens with zero attached hydrogens (tertiary/aromatic N) is 3. The van der Waals surface area contributed by atoms with Gasteiger partial charge in [-0.1, -0.05) is 48.0 Å². The maximum absolute atomic E-state index is 13.3. The molecule has 0 spiro atoms. The number of hydrogen-bond acceptors (Lipinski definition) is 3. The maximum atomic E-state index is 13.3. The van der Waals surface area contributed by atoms with Crippen LogP contribution < -0.4 is 0 Å². The van der Waals surface area contributed by atoms with Crippen molar-refractivity contribution in [2.24, 2.45) is 0 Å². The number of carbonyl (C=O) groups is 1. The highest BCUT2D eigenvalue weighted by Gasteiger charge is 2.20. The molecule has 0 saturated carbocycles. The largest absolute Gasteiger partial charge is 0.332 e. The van der Waals surface area contributed by atoms with Crippen LogP contribution in [-0.4, -0.2) is 47.9 Å². The number of fused-ring (bicyclic) bond motifs is 1. The van der Waals surface area contributed by atoms with Crippen LogP contribution >= 0.6 is 11.6 Å². The fourth-order valence-corrected chi connectivity index (χ4v) is 2.95. The molecule has 0 unspecified atom stereocenters. The average molecular weight is 368 g/mol. The smallest absolute Gasteiger partial charge is 0.273 e. The second-order valence-corrected chi connectivity index (χ2v) is 6.97. The lowest BCUT2D eigenvalue weighted by Crippen LogP contribution is -2.36. The second kappa shape index (κ2) is 8.30. The van der Waals surface area contributed by atoms with Crippen molar-refractivity contribution in [3.8, 4) is 0 Å². The molecule has 134 valence electrons. The van der Waals surface area contributed by atoms with Gasteiger partial charge in [-0.15, -0.1) is 0 Å². The first-order chi connectivity index (χ1) is 12.5. The van der Waals surface area contributed by atoms with E-state index in [1.54, 1.807) is 6.20 Å². The molecule has 0 aliphatic rings. The molecule has 1 amide bonds. The summed E-state index contributed by atoms with van der Waals surface area (Å²) in [6, 6.07) is 17.4. The van der Waals surface area contributed by atoms with Gasteiger partial charge in [-0.3, -0.25) is 9.78 Å². The van der Waals surface area contributed by atoms with Gasteiger partial charge in [0.15, 0.2) is 0 Å². The summed E-state index contributed by atoms with van der Waals surface area (Å²) in [7, 11) is 4.00. The van der Waals surface area contributed by atoms with Crippen LogP contribution in [0.3, 0.4) is 0 Å². The van der Waals surface area contributed by atoms with Gasteiger partial charge in [0, 0.05) is 36.2 Å². The molecule has 3 rings (SSSR count). The molecule has 2 aromatic carbocycles. The van der Waals surface area contributed by atoms with E-state index in [1.807, 2.05) is 73.6 Å². The number of carbonyl (C=O) groups excluding carboxylic acids is 1. The minimum atomic E-state index is -0.0569. The standard InChI is InChI=1S/C21H22ClN3O/c1-24(2)13-14-25(15-16-7-9-18(22)10-8-16)21(26)20-19-6-4-3-5-17(19)11-12-23-20/h3-12H,13-15H2,1-2H3. The van der Waals surface area contributed by atoms with Crippen molar-refractivity contribution in [2.75, 3.05) is 27.2 Å². The Morgan fingerprint density at radius 3 is 2.46 bits per heavy atom. The van der Waals surface area contributed by atoms with Crippen LogP contribution in [0.25, 0.3) is 10.8 Å². The van der Waals surface area contributed by atoms with E-state index in [0.717, 1.165) is 22.9 Å². The minimum absolute atomic E-state index is 0.0569. The second-order valence-electron chi connectivity index (χ2n) is 6.54. The van der Waals surface area contributed by atoms with Crippen LogP contribution in [0.1, 0.15) is 16.1 Å². The highest BCUT2D eigenvalue weighted by Crippen LogP contribution is 2.19. The Labute approximate surface area is 159 Å². The first-order valence-electron chi connectivity index (χ1n) is 8.57. The summed E-state index contributed by atoms with van der Waals surface area (Å²) in [4.78, 5) is 21.6. The molecule has 5 heteroatoms. The number of hydrogen-bond donors (Lipinski definition) is 0. The number of benzene rings is 2. The van der Waals surface area contributed by atoms with Crippen LogP contribution in [0.2, 0.25) is 5.02 Å². The third-order valence-electron chi connectivity index (χ3n) is 4.27. The summed E-state index contributed by atoms with van der Waals surface area (Å²) in [6.07, 6.45) is 1.70. The van der Waals surface area contributed by atoms with Gasteiger partial charge in [0.25, 0.3) is 5.91 Å². The third kappa shape index (κ3) is 4.40. The number of aromatic nitrogens is 1. The molecular weight excluding hydrogens is 346 g/mol. The Kier molecular flexibility index (Phi) is 5.86. The van der Waals surface area contributed by atoms with Crippen LogP contribution in [0, 0.1) is 0 Å². The zero-order valence-electron chi connectivity index (χ0n) is 15.0. The van der Waals surface area contributed by atoms with Gasteiger partial charge in [0.05, 0.1) is 0 Å². The average Bonchev–Trinajstić information content (AvgIpc) is 2.65. The van der Waals surface area contributed by atoms with E-state index in [-0.39, 0.29) is 5.91 Å². The number of amides is 1. The molecule has 26 heavy (non-hydrogen) atoms. The molecule has 3 aromatic rings. The molecular formula is C21H22ClN3O. The Morgan fingerprint density at radius 2 is 1.73 bits per heavy atom. The molecule has 0 atom stereocenters. The lowest BCUT2D eigenvalue weighted by atomic mass is 10.1. The number of rotatable bonds is 6. The van der Waals surface area contributed by atoms with E-state index in [1.165, 1.54) is 0 Å². The molecule has 0 radical (unpaired) electrons. The Morgan fingerprint density at radius 1 is 1.00 bits per heavy atom. The molecule has 0 N–H and O–H groups in total. The lowest BCUT2D eigenvalue weighted by Gasteiger charge is -2.25. The SMILES string of the molecule is CN(C)CCN(Cc1ccc(Cl)cc1)C(=O)c1nccc2ccccc12. The molecule has 0 bridgehead atoms. The zero-order chi connectivity index (χ0) is 18.5. The van der Waals surface area contributed by atoms with E-state index in [9.17, 15) is 4.79 Å². The van der Waals surface area contributed by atoms with Crippen molar-refractivity contribution in [2.45, 2.75) is 6.54 Å². The number of halogens is 1. The third-order valence-corrected chi connectivity index (χ3v) is 4.52. The molecule has 0 aliphatic carbocycles. The van der Waals surface area contributed by atoms with E-state index in [4.69, 9.17) is 11.6 Å². The molecule has 1 aromatic heterocycles. The van der Waals surface area contributed by atoms with Gasteiger partial charge in [-0.2, -0.15) is 0 Å². The van der Waals surface area contributed by atoms with Gasteiger partial charge in [0.2, 0.25) is 0 Å². The summed E-state index contributed by atoms with van der Waals surface area (Å²) in [5.41, 5.74) is 1.54. The molecule has 1 heterocycles. The van der Waals surface area contributed by atoms with Gasteiger partial charge in [-0.25, -0.2) is 0 Å². The van der Waals surface area contributed by atoms with Crippen molar-refractivity contribution in [1.29, 1.82) is 0 Å². The minimum Gasteiger partial charge on any atom is -0.332 e. The van der Waals surface area contributed by atoms with Gasteiger partial charge >= 0.3 is 0 Å². The molecule has 0 aliphatic heterocycles. The molecule has 0 fully saturated rings. The summed E-state index contributed by atoms with van der Waals surface area (Å²) in [5.74, 6) is -0.0569. The van der Waals surface area contributed by atoms with Gasteiger partial charge in [0.1, 0.15) is 5.69 Å². The Bertz CT molecular complexity index is 888. The predicted molar refractivity (Wildman–Crippen MR) is 106 cm³/mol. The predicted octanol–water partition coefficient (Wildman–Crippen LogP) is 4.09. The molecule has 4 nitrogen and oxygen atoms in total. The van der Waals surface area contributed by atoms with Crippen molar-refractivity contribution in [3.63, 3.8) is 0 Å². The van der Waals surface area contributed by atoms with E-state index >= 15 is 0 Å². The van der Waals surface area contributed by atoms with E-state index in [0.29, 0.717) is 23.8 Å². The Balaban J connectivity index is 1.91. The van der Waals surface area contributed by atoms with Crippen LogP contribution in [0.4, 0.5) is 0 Å². The van der Waals surface area contributed by atoms with Crippen molar-refractivity contribution < 1.29 is 4.79 Å². The quantitative estimate of drug-likeness (QED) is 0.658. The highest BCUT2D eigenvalue weighted by molar-refractivity contribution is 6.30. The van der Waals surface area contributed by atoms with Crippen molar-refractivity contribution >= 4 is 28.3 Å². The monoisotopic (exact) mass is 367 g/mol. The highest BCUT2D eigenvalue weighted by atomic mass is 35.5.